The molecule has 3 aliphatic rings. The molecule has 2 aliphatic carbocycles. The van der Waals surface area contributed by atoms with Gasteiger partial charge < -0.3 is 20.6 Å². The first kappa shape index (κ1) is 15.1. The first-order chi connectivity index (χ1) is 10.2. The first-order valence-electron chi connectivity index (χ1n) is 8.65. The van der Waals surface area contributed by atoms with Crippen molar-refractivity contribution in [2.75, 3.05) is 26.2 Å². The van der Waals surface area contributed by atoms with Crippen molar-refractivity contribution >= 4 is 6.03 Å². The third-order valence-electron chi connectivity index (χ3n) is 5.24. The van der Waals surface area contributed by atoms with Crippen LogP contribution in [0.4, 0.5) is 4.79 Å². The lowest BCUT2D eigenvalue weighted by atomic mass is 10.1. The zero-order valence-electron chi connectivity index (χ0n) is 12.9. The fourth-order valence-electron chi connectivity index (χ4n) is 3.76. The van der Waals surface area contributed by atoms with Gasteiger partial charge in [-0.1, -0.05) is 12.8 Å². The van der Waals surface area contributed by atoms with Gasteiger partial charge in [0.2, 0.25) is 0 Å². The van der Waals surface area contributed by atoms with E-state index in [1.165, 1.54) is 32.2 Å². The highest BCUT2D eigenvalue weighted by molar-refractivity contribution is 5.74. The number of rotatable bonds is 6. The van der Waals surface area contributed by atoms with E-state index in [4.69, 9.17) is 0 Å². The molecule has 1 heterocycles. The van der Waals surface area contributed by atoms with Crippen molar-refractivity contribution < 1.29 is 9.90 Å². The maximum Gasteiger partial charge on any atom is 0.315 e. The van der Waals surface area contributed by atoms with Gasteiger partial charge in [0.1, 0.15) is 0 Å². The van der Waals surface area contributed by atoms with E-state index in [-0.39, 0.29) is 18.2 Å². The van der Waals surface area contributed by atoms with Gasteiger partial charge in [0.15, 0.2) is 0 Å². The molecule has 0 unspecified atom stereocenters. The summed E-state index contributed by atoms with van der Waals surface area (Å²) in [7, 11) is 0. The summed E-state index contributed by atoms with van der Waals surface area (Å²) in [5, 5.41) is 15.6. The summed E-state index contributed by atoms with van der Waals surface area (Å²) in [4.78, 5) is 14.3. The zero-order valence-corrected chi connectivity index (χ0v) is 12.9. The zero-order chi connectivity index (χ0) is 14.7. The number of nitrogens with zero attached hydrogens (tertiary/aromatic N) is 1. The molecular formula is C16H29N3O2. The quantitative estimate of drug-likeness (QED) is 0.692. The van der Waals surface area contributed by atoms with Crippen LogP contribution >= 0.6 is 0 Å². The fraction of sp³-hybridized carbons (Fsp3) is 0.938. The van der Waals surface area contributed by atoms with Gasteiger partial charge in [0, 0.05) is 32.2 Å². The summed E-state index contributed by atoms with van der Waals surface area (Å²) >= 11 is 0. The third-order valence-corrected chi connectivity index (χ3v) is 5.24. The lowest BCUT2D eigenvalue weighted by Crippen LogP contribution is -2.45. The Balaban J connectivity index is 1.30. The summed E-state index contributed by atoms with van der Waals surface area (Å²) in [6.07, 6.45) is 8.44. The predicted molar refractivity (Wildman–Crippen MR) is 82.1 cm³/mol. The van der Waals surface area contributed by atoms with Crippen molar-refractivity contribution in [1.29, 1.82) is 0 Å². The number of hydrogen-bond acceptors (Lipinski definition) is 3. The van der Waals surface area contributed by atoms with E-state index in [1.54, 1.807) is 0 Å². The van der Waals surface area contributed by atoms with Gasteiger partial charge in [0.25, 0.3) is 0 Å². The van der Waals surface area contributed by atoms with Gasteiger partial charge in [0.05, 0.1) is 6.10 Å². The van der Waals surface area contributed by atoms with E-state index in [1.807, 2.05) is 0 Å². The van der Waals surface area contributed by atoms with E-state index in [0.29, 0.717) is 12.5 Å². The highest BCUT2D eigenvalue weighted by atomic mass is 16.3. The monoisotopic (exact) mass is 295 g/mol. The van der Waals surface area contributed by atoms with Crippen LogP contribution in [-0.4, -0.2) is 54.4 Å². The van der Waals surface area contributed by atoms with Crippen LogP contribution in [0.3, 0.4) is 0 Å². The van der Waals surface area contributed by atoms with Gasteiger partial charge >= 0.3 is 6.03 Å². The second-order valence-electron chi connectivity index (χ2n) is 7.15. The minimum absolute atomic E-state index is 0.123. The molecule has 5 heteroatoms. The number of amides is 2. The van der Waals surface area contributed by atoms with Crippen LogP contribution in [0.15, 0.2) is 0 Å². The molecule has 3 N–H and O–H groups in total. The number of carbonyl (C=O) groups excluding carboxylic acids is 1. The molecule has 3 fully saturated rings. The predicted octanol–water partition coefficient (Wildman–Crippen LogP) is 1.32. The Hall–Kier alpha value is -0.810. The highest BCUT2D eigenvalue weighted by Gasteiger charge is 2.30. The van der Waals surface area contributed by atoms with Crippen molar-refractivity contribution in [3.05, 3.63) is 0 Å². The van der Waals surface area contributed by atoms with Gasteiger partial charge in [-0.15, -0.1) is 0 Å². The van der Waals surface area contributed by atoms with Crippen LogP contribution in [0.5, 0.6) is 0 Å². The van der Waals surface area contributed by atoms with E-state index in [0.717, 1.165) is 38.3 Å². The number of aliphatic hydroxyl groups excluding tert-OH is 1. The number of likely N-dealkylation sites (tertiary alicyclic amines) is 1. The molecule has 0 aromatic rings. The number of urea groups is 1. The van der Waals surface area contributed by atoms with Crippen LogP contribution in [-0.2, 0) is 0 Å². The summed E-state index contributed by atoms with van der Waals surface area (Å²) in [6.45, 7) is 3.68. The molecule has 1 saturated heterocycles. The van der Waals surface area contributed by atoms with Gasteiger partial charge in [-0.3, -0.25) is 0 Å². The van der Waals surface area contributed by atoms with E-state index < -0.39 is 0 Å². The Morgan fingerprint density at radius 1 is 1.19 bits per heavy atom. The third kappa shape index (κ3) is 4.58. The van der Waals surface area contributed by atoms with Crippen LogP contribution < -0.4 is 10.6 Å². The van der Waals surface area contributed by atoms with Crippen molar-refractivity contribution in [3.63, 3.8) is 0 Å². The Labute approximate surface area is 127 Å². The fourth-order valence-corrected chi connectivity index (χ4v) is 3.76. The Bertz CT molecular complexity index is 353. The van der Waals surface area contributed by atoms with E-state index in [9.17, 15) is 9.90 Å². The number of carbonyl (C=O) groups is 1. The smallest absolute Gasteiger partial charge is 0.315 e. The van der Waals surface area contributed by atoms with Crippen LogP contribution in [0, 0.1) is 11.8 Å². The molecule has 0 bridgehead atoms. The van der Waals surface area contributed by atoms with Gasteiger partial charge in [-0.25, -0.2) is 4.79 Å². The standard InChI is InChI=1S/C16H29N3O2/c20-15(13-5-6-13)9-17-16(21)18-14-7-8-19(11-14)10-12-3-1-2-4-12/h12-15,20H,1-11H2,(H2,17,18,21)/t14-,15-/m1/s1. The summed E-state index contributed by atoms with van der Waals surface area (Å²) in [5.74, 6) is 1.30. The highest BCUT2D eigenvalue weighted by Crippen LogP contribution is 2.32. The van der Waals surface area contributed by atoms with Crippen LogP contribution in [0.25, 0.3) is 0 Å². The summed E-state index contributed by atoms with van der Waals surface area (Å²) < 4.78 is 0. The number of aliphatic hydroxyl groups is 1. The topological polar surface area (TPSA) is 64.6 Å². The second-order valence-corrected chi connectivity index (χ2v) is 7.15. The molecule has 0 spiro atoms. The molecule has 2 saturated carbocycles. The molecule has 21 heavy (non-hydrogen) atoms. The van der Waals surface area contributed by atoms with Crippen LogP contribution in [0.1, 0.15) is 44.9 Å². The Kier molecular flexibility index (Phi) is 5.01. The first-order valence-corrected chi connectivity index (χ1v) is 8.65. The molecule has 3 rings (SSSR count). The normalized spacial score (nSPS) is 28.7. The molecule has 0 aromatic heterocycles. The van der Waals surface area contributed by atoms with Crippen LogP contribution in [0.2, 0.25) is 0 Å². The Morgan fingerprint density at radius 2 is 1.95 bits per heavy atom. The number of hydrogen-bond donors (Lipinski definition) is 3. The molecule has 5 nitrogen and oxygen atoms in total. The summed E-state index contributed by atoms with van der Waals surface area (Å²) in [6, 6.07) is 0.145. The molecule has 1 aliphatic heterocycles. The summed E-state index contributed by atoms with van der Waals surface area (Å²) in [5.41, 5.74) is 0. The largest absolute Gasteiger partial charge is 0.391 e. The molecule has 2 atom stereocenters. The van der Waals surface area contributed by atoms with Gasteiger partial charge in [-0.2, -0.15) is 0 Å². The minimum Gasteiger partial charge on any atom is -0.391 e. The maximum absolute atomic E-state index is 11.8. The van der Waals surface area contributed by atoms with E-state index >= 15 is 0 Å². The van der Waals surface area contributed by atoms with Crippen molar-refractivity contribution in [2.45, 2.75) is 57.1 Å². The maximum atomic E-state index is 11.8. The Morgan fingerprint density at radius 3 is 2.67 bits per heavy atom. The minimum atomic E-state index is -0.363. The van der Waals surface area contributed by atoms with Crippen molar-refractivity contribution in [3.8, 4) is 0 Å². The molecule has 2 amide bonds. The second kappa shape index (κ2) is 6.97. The number of nitrogens with one attached hydrogen (secondary N) is 2. The van der Waals surface area contributed by atoms with Crippen molar-refractivity contribution in [2.24, 2.45) is 11.8 Å². The SMILES string of the molecule is O=C(NC[C@@H](O)C1CC1)N[C@@H]1CCN(CC2CCCC2)C1. The molecular weight excluding hydrogens is 266 g/mol. The lowest BCUT2D eigenvalue weighted by molar-refractivity contribution is 0.148. The average Bonchev–Trinajstić information content (AvgIpc) is 3.04. The molecule has 120 valence electrons. The van der Waals surface area contributed by atoms with Gasteiger partial charge in [-0.05, 0) is 43.9 Å². The average molecular weight is 295 g/mol. The lowest BCUT2D eigenvalue weighted by Gasteiger charge is -2.20. The van der Waals surface area contributed by atoms with E-state index in [2.05, 4.69) is 15.5 Å². The van der Waals surface area contributed by atoms with Crippen molar-refractivity contribution in [1.82, 2.24) is 15.5 Å². The molecule has 0 radical (unpaired) electrons. The molecule has 0 aromatic carbocycles.